The highest BCUT2D eigenvalue weighted by Crippen LogP contribution is 2.22. The number of hydrogen-bond donors (Lipinski definition) is 2. The maximum Gasteiger partial charge on any atom is 0.242 e. The first kappa shape index (κ1) is 15.0. The molecule has 2 aromatic heterocycles. The molecule has 2 rings (SSSR count). The van der Waals surface area contributed by atoms with E-state index in [0.717, 1.165) is 11.3 Å². The molecule has 1 atom stereocenters. The summed E-state index contributed by atoms with van der Waals surface area (Å²) in [5.41, 5.74) is 7.32. The monoisotopic (exact) mass is 287 g/mol. The number of rotatable bonds is 5. The van der Waals surface area contributed by atoms with Crippen molar-refractivity contribution in [1.82, 2.24) is 19.9 Å². The van der Waals surface area contributed by atoms with Crippen LogP contribution in [0.5, 0.6) is 0 Å². The van der Waals surface area contributed by atoms with Crippen molar-refractivity contribution in [3.05, 3.63) is 30.9 Å². The summed E-state index contributed by atoms with van der Waals surface area (Å²) >= 11 is 0. The van der Waals surface area contributed by atoms with E-state index in [1.54, 1.807) is 24.8 Å². The summed E-state index contributed by atoms with van der Waals surface area (Å²) in [5, 5.41) is 2.93. The van der Waals surface area contributed by atoms with E-state index in [2.05, 4.69) is 29.1 Å². The fourth-order valence-corrected chi connectivity index (χ4v) is 1.97. The number of carbonyl (C=O) groups is 1. The van der Waals surface area contributed by atoms with Gasteiger partial charge in [-0.2, -0.15) is 0 Å². The summed E-state index contributed by atoms with van der Waals surface area (Å²) in [6.07, 6.45) is 5.06. The molecule has 0 saturated heterocycles. The number of nitrogens with two attached hydrogens (primary N) is 1. The molecule has 2 aromatic rings. The molecule has 0 aliphatic carbocycles. The molecule has 0 radical (unpaired) electrons. The van der Waals surface area contributed by atoms with Gasteiger partial charge in [0.1, 0.15) is 11.9 Å². The van der Waals surface area contributed by atoms with Gasteiger partial charge >= 0.3 is 0 Å². The number of hydrogen-bond acceptors (Lipinski definition) is 4. The molecule has 0 spiro atoms. The van der Waals surface area contributed by atoms with E-state index in [4.69, 9.17) is 5.73 Å². The van der Waals surface area contributed by atoms with Gasteiger partial charge in [-0.1, -0.05) is 13.8 Å². The van der Waals surface area contributed by atoms with Gasteiger partial charge in [0.25, 0.3) is 0 Å². The number of amides is 1. The summed E-state index contributed by atoms with van der Waals surface area (Å²) < 4.78 is 1.84. The van der Waals surface area contributed by atoms with Crippen LogP contribution >= 0.6 is 0 Å². The summed E-state index contributed by atoms with van der Waals surface area (Å²) in [4.78, 5) is 20.4. The average molecular weight is 287 g/mol. The number of imidazole rings is 1. The lowest BCUT2D eigenvalue weighted by molar-refractivity contribution is -0.124. The van der Waals surface area contributed by atoms with E-state index >= 15 is 0 Å². The van der Waals surface area contributed by atoms with Gasteiger partial charge in [0.05, 0.1) is 18.2 Å². The minimum atomic E-state index is -0.334. The fraction of sp³-hybridized carbons (Fsp3) is 0.400. The Bertz CT molecular complexity index is 603. The molecule has 1 unspecified atom stereocenters. The number of nitrogens with one attached hydrogen (secondary N) is 1. The molecular weight excluding hydrogens is 266 g/mol. The third-order valence-electron chi connectivity index (χ3n) is 3.23. The molecule has 1 amide bonds. The van der Waals surface area contributed by atoms with Crippen molar-refractivity contribution < 1.29 is 4.79 Å². The highest BCUT2D eigenvalue weighted by Gasteiger charge is 2.18. The molecule has 0 aliphatic rings. The highest BCUT2D eigenvalue weighted by molar-refractivity contribution is 5.80. The third kappa shape index (κ3) is 3.59. The van der Waals surface area contributed by atoms with E-state index in [1.807, 2.05) is 17.6 Å². The lowest BCUT2D eigenvalue weighted by Gasteiger charge is -2.17. The Morgan fingerprint density at radius 1 is 1.33 bits per heavy atom. The molecule has 2 heterocycles. The lowest BCUT2D eigenvalue weighted by Crippen LogP contribution is -2.33. The molecule has 0 aliphatic heterocycles. The predicted octanol–water partition coefficient (Wildman–Crippen LogP) is 1.86. The molecule has 3 N–H and O–H groups in total. The van der Waals surface area contributed by atoms with Gasteiger partial charge in [0.2, 0.25) is 5.91 Å². The van der Waals surface area contributed by atoms with E-state index in [0.29, 0.717) is 18.3 Å². The molecule has 6 nitrogen and oxygen atoms in total. The van der Waals surface area contributed by atoms with Gasteiger partial charge in [-0.15, -0.1) is 0 Å². The summed E-state index contributed by atoms with van der Waals surface area (Å²) in [5.74, 6) is 0.864. The van der Waals surface area contributed by atoms with Crippen LogP contribution in [0, 0.1) is 5.92 Å². The lowest BCUT2D eigenvalue weighted by atomic mass is 10.2. The normalized spacial score (nSPS) is 12.4. The minimum absolute atomic E-state index is 0.0219. The van der Waals surface area contributed by atoms with Gasteiger partial charge in [-0.25, -0.2) is 9.97 Å². The van der Waals surface area contributed by atoms with Crippen LogP contribution in [-0.4, -0.2) is 27.0 Å². The maximum atomic E-state index is 12.2. The zero-order valence-electron chi connectivity index (χ0n) is 12.6. The zero-order valence-corrected chi connectivity index (χ0v) is 12.6. The predicted molar refractivity (Wildman–Crippen MR) is 82.4 cm³/mol. The first-order valence-corrected chi connectivity index (χ1v) is 7.00. The standard InChI is InChI=1S/C15H21N5O/c1-10(2)6-19-15(21)11(3)20-9-17-8-13(20)12-4-5-14(16)18-7-12/h4-5,7-11H,6H2,1-3H3,(H2,16,18)(H,19,21). The molecule has 0 aromatic carbocycles. The van der Waals surface area contributed by atoms with Crippen molar-refractivity contribution in [3.63, 3.8) is 0 Å². The van der Waals surface area contributed by atoms with E-state index < -0.39 is 0 Å². The van der Waals surface area contributed by atoms with Gasteiger partial charge in [-0.3, -0.25) is 4.79 Å². The van der Waals surface area contributed by atoms with Crippen LogP contribution in [0.15, 0.2) is 30.9 Å². The number of anilines is 1. The first-order chi connectivity index (χ1) is 9.99. The number of aromatic nitrogens is 3. The largest absolute Gasteiger partial charge is 0.384 e. The van der Waals surface area contributed by atoms with Crippen molar-refractivity contribution in [3.8, 4) is 11.3 Å². The molecular formula is C15H21N5O. The quantitative estimate of drug-likeness (QED) is 0.879. The third-order valence-corrected chi connectivity index (χ3v) is 3.23. The maximum absolute atomic E-state index is 12.2. The van der Waals surface area contributed by atoms with Crippen LogP contribution < -0.4 is 11.1 Å². The van der Waals surface area contributed by atoms with Crippen molar-refractivity contribution in [1.29, 1.82) is 0 Å². The molecule has 0 bridgehead atoms. The van der Waals surface area contributed by atoms with E-state index in [1.165, 1.54) is 0 Å². The van der Waals surface area contributed by atoms with Crippen LogP contribution in [0.1, 0.15) is 26.8 Å². The van der Waals surface area contributed by atoms with Crippen LogP contribution in [0.25, 0.3) is 11.3 Å². The summed E-state index contributed by atoms with van der Waals surface area (Å²) in [6.45, 7) is 6.64. The highest BCUT2D eigenvalue weighted by atomic mass is 16.2. The van der Waals surface area contributed by atoms with Gasteiger partial charge in [0.15, 0.2) is 0 Å². The zero-order chi connectivity index (χ0) is 15.4. The summed E-state index contributed by atoms with van der Waals surface area (Å²) in [6, 6.07) is 3.27. The SMILES string of the molecule is CC(C)CNC(=O)C(C)n1cncc1-c1ccc(N)nc1. The smallest absolute Gasteiger partial charge is 0.242 e. The Kier molecular flexibility index (Phi) is 4.57. The molecule has 0 fully saturated rings. The van der Waals surface area contributed by atoms with Gasteiger partial charge in [0, 0.05) is 18.3 Å². The Hall–Kier alpha value is -2.37. The number of nitrogen functional groups attached to an aromatic ring is 1. The van der Waals surface area contributed by atoms with Crippen LogP contribution in [0.2, 0.25) is 0 Å². The Morgan fingerprint density at radius 2 is 2.10 bits per heavy atom. The Labute approximate surface area is 124 Å². The molecule has 6 heteroatoms. The van der Waals surface area contributed by atoms with Crippen LogP contribution in [-0.2, 0) is 4.79 Å². The number of nitrogens with zero attached hydrogens (tertiary/aromatic N) is 3. The van der Waals surface area contributed by atoms with Crippen molar-refractivity contribution in [2.75, 3.05) is 12.3 Å². The van der Waals surface area contributed by atoms with Crippen molar-refractivity contribution in [2.24, 2.45) is 5.92 Å². The van der Waals surface area contributed by atoms with Crippen LogP contribution in [0.3, 0.4) is 0 Å². The van der Waals surface area contributed by atoms with Crippen molar-refractivity contribution >= 4 is 11.7 Å². The number of carbonyl (C=O) groups excluding carboxylic acids is 1. The number of pyridine rings is 1. The van der Waals surface area contributed by atoms with Gasteiger partial charge < -0.3 is 15.6 Å². The van der Waals surface area contributed by atoms with E-state index in [9.17, 15) is 4.79 Å². The average Bonchev–Trinajstić information content (AvgIpc) is 2.94. The topological polar surface area (TPSA) is 85.8 Å². The minimum Gasteiger partial charge on any atom is -0.384 e. The molecule has 0 saturated carbocycles. The molecule has 21 heavy (non-hydrogen) atoms. The fourth-order valence-electron chi connectivity index (χ4n) is 1.97. The van der Waals surface area contributed by atoms with Crippen molar-refractivity contribution in [2.45, 2.75) is 26.8 Å². The second-order valence-corrected chi connectivity index (χ2v) is 5.47. The van der Waals surface area contributed by atoms with Gasteiger partial charge in [-0.05, 0) is 25.0 Å². The van der Waals surface area contributed by atoms with Crippen LogP contribution in [0.4, 0.5) is 5.82 Å². The second-order valence-electron chi connectivity index (χ2n) is 5.47. The Balaban J connectivity index is 2.19. The molecule has 112 valence electrons. The van der Waals surface area contributed by atoms with E-state index in [-0.39, 0.29) is 11.9 Å². The Morgan fingerprint density at radius 3 is 2.71 bits per heavy atom. The summed E-state index contributed by atoms with van der Waals surface area (Å²) in [7, 11) is 0. The first-order valence-electron chi connectivity index (χ1n) is 7.00. The second kappa shape index (κ2) is 6.39.